The molecule has 0 heterocycles. The maximum absolute atomic E-state index is 10.9. The third-order valence-electron chi connectivity index (χ3n) is 2.64. The molecule has 19 heavy (non-hydrogen) atoms. The first-order chi connectivity index (χ1) is 9.08. The molecule has 6 nitrogen and oxygen atoms in total. The van der Waals surface area contributed by atoms with Crippen molar-refractivity contribution in [2.75, 3.05) is 5.32 Å². The highest BCUT2D eigenvalue weighted by atomic mass is 16.6. The van der Waals surface area contributed by atoms with E-state index in [9.17, 15) is 20.3 Å². The Labute approximate surface area is 109 Å². The first-order valence-electron chi connectivity index (χ1n) is 5.56. The summed E-state index contributed by atoms with van der Waals surface area (Å²) in [7, 11) is 0. The molecule has 0 spiro atoms. The van der Waals surface area contributed by atoms with Crippen molar-refractivity contribution in [1.82, 2.24) is 0 Å². The molecule has 2 aromatic carbocycles. The Morgan fingerprint density at radius 1 is 1.16 bits per heavy atom. The van der Waals surface area contributed by atoms with Gasteiger partial charge >= 0.3 is 0 Å². The molecule has 0 atom stereocenters. The van der Waals surface area contributed by atoms with Gasteiger partial charge in [0.2, 0.25) is 0 Å². The van der Waals surface area contributed by atoms with Gasteiger partial charge in [0.25, 0.3) is 5.69 Å². The highest BCUT2D eigenvalue weighted by Crippen LogP contribution is 2.29. The van der Waals surface area contributed by atoms with Crippen LogP contribution < -0.4 is 5.32 Å². The Hall–Kier alpha value is -2.76. The smallest absolute Gasteiger partial charge is 0.296 e. The van der Waals surface area contributed by atoms with E-state index in [0.29, 0.717) is 5.56 Å². The number of benzene rings is 2. The van der Waals surface area contributed by atoms with Crippen LogP contribution in [0.1, 0.15) is 5.56 Å². The van der Waals surface area contributed by atoms with Crippen LogP contribution in [0.15, 0.2) is 42.5 Å². The van der Waals surface area contributed by atoms with Crippen molar-refractivity contribution in [3.8, 4) is 11.5 Å². The van der Waals surface area contributed by atoms with Crippen LogP contribution in [-0.4, -0.2) is 15.1 Å². The fourth-order valence-electron chi connectivity index (χ4n) is 1.67. The Morgan fingerprint density at radius 3 is 2.58 bits per heavy atom. The first-order valence-corrected chi connectivity index (χ1v) is 5.56. The lowest BCUT2D eigenvalue weighted by Gasteiger charge is -2.08. The third kappa shape index (κ3) is 2.92. The monoisotopic (exact) mass is 260 g/mol. The summed E-state index contributed by atoms with van der Waals surface area (Å²) in [6, 6.07) is 10.6. The first kappa shape index (κ1) is 12.7. The summed E-state index contributed by atoms with van der Waals surface area (Å²) in [5, 5.41) is 32.6. The van der Waals surface area contributed by atoms with E-state index in [1.165, 1.54) is 12.1 Å². The number of phenols is 2. The number of nitrogens with zero attached hydrogens (tertiary/aromatic N) is 1. The maximum Gasteiger partial charge on any atom is 0.296 e. The second-order valence-corrected chi connectivity index (χ2v) is 3.94. The van der Waals surface area contributed by atoms with Crippen molar-refractivity contribution in [2.45, 2.75) is 6.54 Å². The quantitative estimate of drug-likeness (QED) is 0.446. The largest absolute Gasteiger partial charge is 0.508 e. The van der Waals surface area contributed by atoms with Gasteiger partial charge in [-0.2, -0.15) is 0 Å². The second kappa shape index (κ2) is 5.26. The number of phenolic OH excluding ortho intramolecular Hbond substituents is 2. The molecule has 6 heteroatoms. The number of anilines is 1. The maximum atomic E-state index is 10.9. The van der Waals surface area contributed by atoms with Crippen LogP contribution in [0.5, 0.6) is 11.5 Å². The number of hydrogen-bond acceptors (Lipinski definition) is 5. The van der Waals surface area contributed by atoms with Gasteiger partial charge in [-0.3, -0.25) is 10.1 Å². The predicted octanol–water partition coefficient (Wildman–Crippen LogP) is 2.62. The van der Waals surface area contributed by atoms with E-state index in [0.717, 1.165) is 6.07 Å². The lowest BCUT2D eigenvalue weighted by atomic mass is 10.2. The van der Waals surface area contributed by atoms with E-state index in [2.05, 4.69) is 5.32 Å². The lowest BCUT2D eigenvalue weighted by molar-refractivity contribution is -0.384. The third-order valence-corrected chi connectivity index (χ3v) is 2.64. The van der Waals surface area contributed by atoms with Gasteiger partial charge < -0.3 is 15.5 Å². The minimum atomic E-state index is -0.576. The molecule has 0 aliphatic heterocycles. The number of hydrogen-bond donors (Lipinski definition) is 3. The molecule has 3 N–H and O–H groups in total. The Bertz CT molecular complexity index is 613. The van der Waals surface area contributed by atoms with Crippen molar-refractivity contribution in [2.24, 2.45) is 0 Å². The molecule has 0 amide bonds. The fourth-order valence-corrected chi connectivity index (χ4v) is 1.67. The van der Waals surface area contributed by atoms with Crippen LogP contribution in [0, 0.1) is 10.1 Å². The van der Waals surface area contributed by atoms with E-state index in [4.69, 9.17) is 0 Å². The second-order valence-electron chi connectivity index (χ2n) is 3.94. The van der Waals surface area contributed by atoms with Crippen LogP contribution in [0.25, 0.3) is 0 Å². The number of nitrogens with one attached hydrogen (secondary N) is 1. The summed E-state index contributed by atoms with van der Waals surface area (Å²) in [6.45, 7) is 0.248. The van der Waals surface area contributed by atoms with Gasteiger partial charge in [-0.1, -0.05) is 18.2 Å². The summed E-state index contributed by atoms with van der Waals surface area (Å²) in [6.07, 6.45) is 0. The van der Waals surface area contributed by atoms with E-state index < -0.39 is 4.92 Å². The highest BCUT2D eigenvalue weighted by molar-refractivity contribution is 5.63. The molecule has 0 aliphatic rings. The molecular formula is C13H12N2O4. The van der Waals surface area contributed by atoms with Gasteiger partial charge in [-0.15, -0.1) is 0 Å². The van der Waals surface area contributed by atoms with E-state index >= 15 is 0 Å². The summed E-state index contributed by atoms with van der Waals surface area (Å²) < 4.78 is 0. The molecule has 2 rings (SSSR count). The van der Waals surface area contributed by atoms with E-state index in [-0.39, 0.29) is 29.4 Å². The summed E-state index contributed by atoms with van der Waals surface area (Å²) >= 11 is 0. The van der Waals surface area contributed by atoms with Gasteiger partial charge in [-0.05, 0) is 18.2 Å². The van der Waals surface area contributed by atoms with Gasteiger partial charge in [0.15, 0.2) is 0 Å². The van der Waals surface area contributed by atoms with Crippen LogP contribution >= 0.6 is 0 Å². The molecule has 0 aliphatic carbocycles. The zero-order valence-electron chi connectivity index (χ0n) is 9.91. The number of rotatable bonds is 4. The number of nitro groups is 1. The molecule has 98 valence electrons. The van der Waals surface area contributed by atoms with Crippen LogP contribution in [0.2, 0.25) is 0 Å². The molecule has 0 unspecified atom stereocenters. The highest BCUT2D eigenvalue weighted by Gasteiger charge is 2.14. The summed E-state index contributed by atoms with van der Waals surface area (Å²) in [5.74, 6) is -0.0451. The zero-order chi connectivity index (χ0) is 13.8. The van der Waals surface area contributed by atoms with Crippen molar-refractivity contribution >= 4 is 11.4 Å². The normalized spacial score (nSPS) is 10.1. The van der Waals surface area contributed by atoms with Gasteiger partial charge in [0, 0.05) is 12.1 Å². The Morgan fingerprint density at radius 2 is 1.89 bits per heavy atom. The molecule has 0 radical (unpaired) electrons. The fraction of sp³-hybridized carbons (Fsp3) is 0.0769. The van der Waals surface area contributed by atoms with Crippen LogP contribution in [0.3, 0.4) is 0 Å². The van der Waals surface area contributed by atoms with Crippen LogP contribution in [0.4, 0.5) is 11.4 Å². The van der Waals surface area contributed by atoms with Gasteiger partial charge in [0.05, 0.1) is 11.0 Å². The average Bonchev–Trinajstić information content (AvgIpc) is 2.38. The molecule has 0 saturated carbocycles. The Balaban J connectivity index is 2.20. The molecule has 0 bridgehead atoms. The molecule has 0 fully saturated rings. The molecule has 0 saturated heterocycles. The molecular weight excluding hydrogens is 248 g/mol. The number of nitro benzene ring substituents is 1. The van der Waals surface area contributed by atoms with Gasteiger partial charge in [0.1, 0.15) is 17.2 Å². The molecule has 2 aromatic rings. The Kier molecular flexibility index (Phi) is 3.51. The zero-order valence-corrected chi connectivity index (χ0v) is 9.91. The van der Waals surface area contributed by atoms with Gasteiger partial charge in [-0.25, -0.2) is 0 Å². The van der Waals surface area contributed by atoms with Crippen molar-refractivity contribution in [3.05, 3.63) is 58.1 Å². The summed E-state index contributed by atoms with van der Waals surface area (Å²) in [4.78, 5) is 10.3. The van der Waals surface area contributed by atoms with Crippen molar-refractivity contribution in [3.63, 3.8) is 0 Å². The van der Waals surface area contributed by atoms with Crippen molar-refractivity contribution in [1.29, 1.82) is 0 Å². The molecule has 0 aromatic heterocycles. The average molecular weight is 260 g/mol. The predicted molar refractivity (Wildman–Crippen MR) is 70.2 cm³/mol. The minimum absolute atomic E-state index is 0.122. The summed E-state index contributed by atoms with van der Waals surface area (Å²) in [5.41, 5.74) is 0.700. The van der Waals surface area contributed by atoms with E-state index in [1.54, 1.807) is 24.3 Å². The van der Waals surface area contributed by atoms with E-state index in [1.807, 2.05) is 0 Å². The number of aromatic hydroxyl groups is 2. The SMILES string of the molecule is O=[N+]([O-])c1cc(O)ccc1NCc1ccccc1O. The standard InChI is InChI=1S/C13H12N2O4/c16-10-5-6-11(12(7-10)15(18)19)14-8-9-3-1-2-4-13(9)17/h1-7,14,16-17H,8H2. The van der Waals surface area contributed by atoms with Crippen molar-refractivity contribution < 1.29 is 15.1 Å². The number of para-hydroxylation sites is 1. The minimum Gasteiger partial charge on any atom is -0.508 e. The lowest BCUT2D eigenvalue weighted by Crippen LogP contribution is -2.02. The van der Waals surface area contributed by atoms with Crippen LogP contribution in [-0.2, 0) is 6.54 Å². The topological polar surface area (TPSA) is 95.6 Å².